The zero-order valence-electron chi connectivity index (χ0n) is 13.2. The summed E-state index contributed by atoms with van der Waals surface area (Å²) in [4.78, 5) is 0. The standard InChI is InChI=1S/C20H26/c1-5-20(18-10-6-16(4)7-11-18)19-12-8-17(9-13-19)14-15(2)3/h6-13,15,20H,5,14H2,1-4H3. The molecule has 1 unspecified atom stereocenters. The summed E-state index contributed by atoms with van der Waals surface area (Å²) in [6.45, 7) is 8.96. The smallest absolute Gasteiger partial charge is 0.00867 e. The first-order valence-corrected chi connectivity index (χ1v) is 7.75. The Kier molecular flexibility index (Phi) is 5.00. The maximum atomic E-state index is 2.31. The second-order valence-corrected chi connectivity index (χ2v) is 6.21. The van der Waals surface area contributed by atoms with Crippen molar-refractivity contribution >= 4 is 0 Å². The maximum Gasteiger partial charge on any atom is 0.00867 e. The van der Waals surface area contributed by atoms with Gasteiger partial charge in [-0.3, -0.25) is 0 Å². The fourth-order valence-electron chi connectivity index (χ4n) is 2.82. The topological polar surface area (TPSA) is 0 Å². The van der Waals surface area contributed by atoms with E-state index in [-0.39, 0.29) is 0 Å². The van der Waals surface area contributed by atoms with Gasteiger partial charge in [0.15, 0.2) is 0 Å². The van der Waals surface area contributed by atoms with Crippen molar-refractivity contribution in [2.45, 2.75) is 46.5 Å². The van der Waals surface area contributed by atoms with Gasteiger partial charge in [-0.1, -0.05) is 74.9 Å². The van der Waals surface area contributed by atoms with Crippen LogP contribution in [0.2, 0.25) is 0 Å². The molecule has 0 bridgehead atoms. The molecule has 0 spiro atoms. The second kappa shape index (κ2) is 6.74. The van der Waals surface area contributed by atoms with E-state index in [2.05, 4.69) is 76.2 Å². The molecule has 0 saturated carbocycles. The molecule has 0 amide bonds. The molecule has 0 aliphatic carbocycles. The first kappa shape index (κ1) is 14.8. The monoisotopic (exact) mass is 266 g/mol. The minimum atomic E-state index is 0.517. The van der Waals surface area contributed by atoms with E-state index in [0.29, 0.717) is 5.92 Å². The van der Waals surface area contributed by atoms with Crippen molar-refractivity contribution in [3.8, 4) is 0 Å². The van der Waals surface area contributed by atoms with E-state index < -0.39 is 0 Å². The summed E-state index contributed by atoms with van der Waals surface area (Å²) in [5.74, 6) is 1.24. The molecule has 2 aromatic rings. The van der Waals surface area contributed by atoms with Crippen LogP contribution >= 0.6 is 0 Å². The van der Waals surface area contributed by atoms with Crippen LogP contribution in [0.15, 0.2) is 48.5 Å². The fraction of sp³-hybridized carbons (Fsp3) is 0.400. The van der Waals surface area contributed by atoms with Crippen molar-refractivity contribution in [1.29, 1.82) is 0 Å². The minimum Gasteiger partial charge on any atom is -0.0645 e. The van der Waals surface area contributed by atoms with Gasteiger partial charge in [-0.2, -0.15) is 0 Å². The summed E-state index contributed by atoms with van der Waals surface area (Å²) in [5, 5.41) is 0. The van der Waals surface area contributed by atoms with Gasteiger partial charge >= 0.3 is 0 Å². The van der Waals surface area contributed by atoms with E-state index in [9.17, 15) is 0 Å². The molecule has 0 aromatic heterocycles. The lowest BCUT2D eigenvalue weighted by Crippen LogP contribution is -2.01. The van der Waals surface area contributed by atoms with E-state index in [0.717, 1.165) is 12.3 Å². The number of hydrogen-bond acceptors (Lipinski definition) is 0. The number of hydrogen-bond donors (Lipinski definition) is 0. The predicted octanol–water partition coefficient (Wildman–Crippen LogP) is 5.74. The maximum absolute atomic E-state index is 2.31. The van der Waals surface area contributed by atoms with Crippen LogP contribution in [0.25, 0.3) is 0 Å². The molecule has 0 fully saturated rings. The van der Waals surface area contributed by atoms with E-state index in [1.807, 2.05) is 0 Å². The van der Waals surface area contributed by atoms with Crippen molar-refractivity contribution < 1.29 is 0 Å². The Hall–Kier alpha value is -1.56. The third kappa shape index (κ3) is 3.72. The Morgan fingerprint density at radius 1 is 0.800 bits per heavy atom. The van der Waals surface area contributed by atoms with E-state index in [1.165, 1.54) is 28.7 Å². The van der Waals surface area contributed by atoms with Gasteiger partial charge in [0.2, 0.25) is 0 Å². The zero-order valence-corrected chi connectivity index (χ0v) is 13.2. The van der Waals surface area contributed by atoms with Gasteiger partial charge in [0.25, 0.3) is 0 Å². The summed E-state index contributed by atoms with van der Waals surface area (Å²) in [7, 11) is 0. The molecule has 0 radical (unpaired) electrons. The zero-order chi connectivity index (χ0) is 14.5. The number of rotatable bonds is 5. The van der Waals surface area contributed by atoms with Crippen LogP contribution in [0.3, 0.4) is 0 Å². The molecular formula is C20H26. The van der Waals surface area contributed by atoms with Gasteiger partial charge in [0.1, 0.15) is 0 Å². The highest BCUT2D eigenvalue weighted by Crippen LogP contribution is 2.28. The normalized spacial score (nSPS) is 12.7. The first-order chi connectivity index (χ1) is 9.60. The van der Waals surface area contributed by atoms with Crippen LogP contribution in [-0.2, 0) is 6.42 Å². The second-order valence-electron chi connectivity index (χ2n) is 6.21. The van der Waals surface area contributed by atoms with E-state index in [4.69, 9.17) is 0 Å². The largest absolute Gasteiger partial charge is 0.0645 e. The van der Waals surface area contributed by atoms with Crippen LogP contribution in [0.1, 0.15) is 55.4 Å². The summed E-state index contributed by atoms with van der Waals surface area (Å²) >= 11 is 0. The lowest BCUT2D eigenvalue weighted by Gasteiger charge is -2.17. The average molecular weight is 266 g/mol. The molecule has 0 heteroatoms. The lowest BCUT2D eigenvalue weighted by atomic mass is 9.88. The van der Waals surface area contributed by atoms with Gasteiger partial charge in [0, 0.05) is 5.92 Å². The Morgan fingerprint density at radius 3 is 1.75 bits per heavy atom. The van der Waals surface area contributed by atoms with Crippen LogP contribution in [0, 0.1) is 12.8 Å². The van der Waals surface area contributed by atoms with Gasteiger partial charge in [-0.05, 0) is 42.4 Å². The molecule has 0 aliphatic heterocycles. The highest BCUT2D eigenvalue weighted by atomic mass is 14.2. The van der Waals surface area contributed by atoms with Crippen molar-refractivity contribution in [1.82, 2.24) is 0 Å². The van der Waals surface area contributed by atoms with Gasteiger partial charge < -0.3 is 0 Å². The van der Waals surface area contributed by atoms with E-state index >= 15 is 0 Å². The van der Waals surface area contributed by atoms with Crippen molar-refractivity contribution in [3.05, 3.63) is 70.8 Å². The van der Waals surface area contributed by atoms with E-state index in [1.54, 1.807) is 0 Å². The first-order valence-electron chi connectivity index (χ1n) is 7.75. The van der Waals surface area contributed by atoms with Crippen LogP contribution < -0.4 is 0 Å². The molecule has 2 aromatic carbocycles. The van der Waals surface area contributed by atoms with Gasteiger partial charge in [-0.15, -0.1) is 0 Å². The predicted molar refractivity (Wildman–Crippen MR) is 88.3 cm³/mol. The summed E-state index contributed by atoms with van der Waals surface area (Å²) in [6.07, 6.45) is 2.31. The average Bonchev–Trinajstić information content (AvgIpc) is 2.43. The highest BCUT2D eigenvalue weighted by molar-refractivity contribution is 5.35. The third-order valence-corrected chi connectivity index (χ3v) is 3.91. The molecule has 0 saturated heterocycles. The van der Waals surface area contributed by atoms with Crippen LogP contribution in [0.4, 0.5) is 0 Å². The summed E-state index contributed by atoms with van der Waals surface area (Å²) < 4.78 is 0. The van der Waals surface area contributed by atoms with Gasteiger partial charge in [-0.25, -0.2) is 0 Å². The third-order valence-electron chi connectivity index (χ3n) is 3.91. The molecule has 1 atom stereocenters. The van der Waals surface area contributed by atoms with Crippen molar-refractivity contribution in [3.63, 3.8) is 0 Å². The Morgan fingerprint density at radius 2 is 1.30 bits per heavy atom. The van der Waals surface area contributed by atoms with Crippen molar-refractivity contribution in [2.75, 3.05) is 0 Å². The Bertz CT molecular complexity index is 517. The van der Waals surface area contributed by atoms with Crippen LogP contribution in [0.5, 0.6) is 0 Å². The quantitative estimate of drug-likeness (QED) is 0.647. The van der Waals surface area contributed by atoms with Crippen LogP contribution in [-0.4, -0.2) is 0 Å². The molecule has 20 heavy (non-hydrogen) atoms. The molecule has 106 valence electrons. The minimum absolute atomic E-state index is 0.517. The Balaban J connectivity index is 2.21. The van der Waals surface area contributed by atoms with Gasteiger partial charge in [0.05, 0.1) is 0 Å². The summed E-state index contributed by atoms with van der Waals surface area (Å²) in [6, 6.07) is 18.2. The number of benzene rings is 2. The molecule has 2 rings (SSSR count). The molecular weight excluding hydrogens is 240 g/mol. The molecule has 0 heterocycles. The SMILES string of the molecule is CCC(c1ccc(C)cc1)c1ccc(CC(C)C)cc1. The number of aryl methyl sites for hydroxylation is 1. The lowest BCUT2D eigenvalue weighted by molar-refractivity contribution is 0.646. The molecule has 0 nitrogen and oxygen atoms in total. The summed E-state index contributed by atoms with van der Waals surface area (Å²) in [5.41, 5.74) is 5.64. The molecule has 0 N–H and O–H groups in total. The fourth-order valence-corrected chi connectivity index (χ4v) is 2.82. The molecule has 0 aliphatic rings. The van der Waals surface area contributed by atoms with Crippen molar-refractivity contribution in [2.24, 2.45) is 5.92 Å². The Labute approximate surface area is 123 Å². The highest BCUT2D eigenvalue weighted by Gasteiger charge is 2.11.